The Kier molecular flexibility index (Phi) is 8.38. The van der Waals surface area contributed by atoms with Crippen molar-refractivity contribution in [1.29, 1.82) is 0 Å². The Morgan fingerprint density at radius 1 is 1.12 bits per heavy atom. The predicted octanol–water partition coefficient (Wildman–Crippen LogP) is 4.12. The molecule has 2 fully saturated rings. The maximum atomic E-state index is 12.9. The Labute approximate surface area is 241 Å². The van der Waals surface area contributed by atoms with Crippen LogP contribution in [0.3, 0.4) is 0 Å². The lowest BCUT2D eigenvalue weighted by atomic mass is 9.79. The summed E-state index contributed by atoms with van der Waals surface area (Å²) < 4.78 is 44.0. The van der Waals surface area contributed by atoms with Gasteiger partial charge in [-0.3, -0.25) is 14.6 Å². The molecule has 0 bridgehead atoms. The molecule has 0 spiro atoms. The topological polar surface area (TPSA) is 121 Å². The molecule has 42 heavy (non-hydrogen) atoms. The molecule has 0 radical (unpaired) electrons. The fourth-order valence-electron chi connectivity index (χ4n) is 5.89. The van der Waals surface area contributed by atoms with Crippen molar-refractivity contribution in [3.05, 3.63) is 70.9 Å². The van der Waals surface area contributed by atoms with Gasteiger partial charge in [0, 0.05) is 48.1 Å². The minimum absolute atomic E-state index is 0.0803. The molecular formula is C30H34F3N5O4. The van der Waals surface area contributed by atoms with Gasteiger partial charge in [-0.2, -0.15) is 13.2 Å². The largest absolute Gasteiger partial charge is 0.416 e. The van der Waals surface area contributed by atoms with Gasteiger partial charge in [0.05, 0.1) is 23.5 Å². The van der Waals surface area contributed by atoms with Crippen LogP contribution >= 0.6 is 0 Å². The van der Waals surface area contributed by atoms with Crippen molar-refractivity contribution in [1.82, 2.24) is 25.7 Å². The van der Waals surface area contributed by atoms with Crippen molar-refractivity contribution < 1.29 is 32.4 Å². The van der Waals surface area contributed by atoms with Gasteiger partial charge in [0.2, 0.25) is 5.91 Å². The molecule has 224 valence electrons. The summed E-state index contributed by atoms with van der Waals surface area (Å²) in [4.78, 5) is 31.2. The number of aliphatic hydroxyl groups is 1. The van der Waals surface area contributed by atoms with Gasteiger partial charge in [0.1, 0.15) is 11.4 Å². The summed E-state index contributed by atoms with van der Waals surface area (Å²) in [6, 6.07) is 8.17. The Morgan fingerprint density at radius 3 is 2.52 bits per heavy atom. The molecule has 5 rings (SSSR count). The zero-order valence-electron chi connectivity index (χ0n) is 23.5. The third-order valence-electron chi connectivity index (χ3n) is 8.24. The number of pyridine rings is 1. The number of benzene rings is 1. The Morgan fingerprint density at radius 2 is 1.88 bits per heavy atom. The van der Waals surface area contributed by atoms with E-state index < -0.39 is 23.2 Å². The van der Waals surface area contributed by atoms with E-state index in [0.29, 0.717) is 31.6 Å². The number of amides is 2. The van der Waals surface area contributed by atoms with Gasteiger partial charge in [0.25, 0.3) is 5.91 Å². The number of carbonyl (C=O) groups is 2. The van der Waals surface area contributed by atoms with Crippen molar-refractivity contribution in [2.45, 2.75) is 69.8 Å². The molecule has 1 saturated heterocycles. The van der Waals surface area contributed by atoms with Gasteiger partial charge in [0.15, 0.2) is 0 Å². The smallest absolute Gasteiger partial charge is 0.384 e. The van der Waals surface area contributed by atoms with E-state index in [4.69, 9.17) is 4.52 Å². The van der Waals surface area contributed by atoms with Crippen molar-refractivity contribution in [3.63, 3.8) is 0 Å². The SMILES string of the molecule is Cc1noc(C)c1-c1ccc(C2(O)CCC(NC3CCN(C(=O)CNC(=O)c4cccc(C(F)(F)F)c4)C3)CC2)nc1. The number of nitrogens with zero attached hydrogens (tertiary/aromatic N) is 3. The molecule has 9 nitrogen and oxygen atoms in total. The van der Waals surface area contributed by atoms with E-state index in [2.05, 4.69) is 20.8 Å². The van der Waals surface area contributed by atoms with Crippen LogP contribution in [-0.4, -0.2) is 63.7 Å². The van der Waals surface area contributed by atoms with Crippen LogP contribution in [-0.2, 0) is 16.6 Å². The quantitative estimate of drug-likeness (QED) is 0.382. The second-order valence-corrected chi connectivity index (χ2v) is 11.2. The number of rotatable bonds is 7. The van der Waals surface area contributed by atoms with Gasteiger partial charge in [-0.15, -0.1) is 0 Å². The normalized spacial score (nSPS) is 22.8. The van der Waals surface area contributed by atoms with E-state index in [0.717, 1.165) is 60.0 Å². The Hall–Kier alpha value is -3.77. The van der Waals surface area contributed by atoms with Crippen LogP contribution in [0.4, 0.5) is 13.2 Å². The van der Waals surface area contributed by atoms with Crippen LogP contribution in [0.1, 0.15) is 65.2 Å². The zero-order chi connectivity index (χ0) is 30.1. The third-order valence-corrected chi connectivity index (χ3v) is 8.24. The lowest BCUT2D eigenvalue weighted by molar-refractivity contribution is -0.137. The highest BCUT2D eigenvalue weighted by Crippen LogP contribution is 2.37. The van der Waals surface area contributed by atoms with Crippen LogP contribution < -0.4 is 10.6 Å². The predicted molar refractivity (Wildman–Crippen MR) is 147 cm³/mol. The molecule has 12 heteroatoms. The van der Waals surface area contributed by atoms with Gasteiger partial charge >= 0.3 is 6.18 Å². The highest BCUT2D eigenvalue weighted by molar-refractivity contribution is 5.96. The van der Waals surface area contributed by atoms with Crippen LogP contribution in [0.25, 0.3) is 11.1 Å². The van der Waals surface area contributed by atoms with E-state index in [1.54, 1.807) is 11.1 Å². The van der Waals surface area contributed by atoms with Crippen LogP contribution in [0.2, 0.25) is 0 Å². The lowest BCUT2D eigenvalue weighted by Crippen LogP contribution is -2.46. The van der Waals surface area contributed by atoms with E-state index >= 15 is 0 Å². The second kappa shape index (κ2) is 11.8. The summed E-state index contributed by atoms with van der Waals surface area (Å²) in [5.41, 5.74) is 1.16. The van der Waals surface area contributed by atoms with E-state index in [9.17, 15) is 27.9 Å². The maximum Gasteiger partial charge on any atom is 0.416 e. The number of alkyl halides is 3. The molecular weight excluding hydrogens is 551 g/mol. The first kappa shape index (κ1) is 29.7. The number of carbonyl (C=O) groups excluding carboxylic acids is 2. The molecule has 1 atom stereocenters. The highest BCUT2D eigenvalue weighted by atomic mass is 19.4. The highest BCUT2D eigenvalue weighted by Gasteiger charge is 2.37. The standard InChI is InChI=1S/C30H34F3N5O4/c1-18-27(19(2)42-37-18)21-6-7-25(34-15-21)29(41)11-8-23(9-12-29)36-24-10-13-38(17-24)26(39)16-35-28(40)20-4-3-5-22(14-20)30(31,32)33/h3-7,14-15,23-24,36,41H,8-13,16-17H2,1-2H3,(H,35,40). The third kappa shape index (κ3) is 6.49. The van der Waals surface area contributed by atoms with Gasteiger partial charge in [-0.05, 0) is 70.2 Å². The minimum Gasteiger partial charge on any atom is -0.384 e. The van der Waals surface area contributed by atoms with Crippen molar-refractivity contribution in [2.75, 3.05) is 19.6 Å². The summed E-state index contributed by atoms with van der Waals surface area (Å²) in [5.74, 6) is -0.297. The second-order valence-electron chi connectivity index (χ2n) is 11.2. The summed E-state index contributed by atoms with van der Waals surface area (Å²) in [6.07, 6.45) is 0.553. The first-order chi connectivity index (χ1) is 19.9. The van der Waals surface area contributed by atoms with Crippen molar-refractivity contribution in [3.8, 4) is 11.1 Å². The van der Waals surface area contributed by atoms with Gasteiger partial charge in [-0.1, -0.05) is 17.3 Å². The number of hydrogen-bond acceptors (Lipinski definition) is 7. The van der Waals surface area contributed by atoms with Crippen LogP contribution in [0.15, 0.2) is 47.1 Å². The van der Waals surface area contributed by atoms with Crippen LogP contribution in [0, 0.1) is 13.8 Å². The number of hydrogen-bond donors (Lipinski definition) is 3. The average Bonchev–Trinajstić information content (AvgIpc) is 3.58. The molecule has 1 aliphatic heterocycles. The number of nitrogens with one attached hydrogen (secondary N) is 2. The van der Waals surface area contributed by atoms with Gasteiger partial charge < -0.3 is 25.2 Å². The summed E-state index contributed by atoms with van der Waals surface area (Å²) >= 11 is 0. The fraction of sp³-hybridized carbons (Fsp3) is 0.467. The fourth-order valence-corrected chi connectivity index (χ4v) is 5.89. The molecule has 1 saturated carbocycles. The minimum atomic E-state index is -4.55. The molecule has 2 aliphatic rings. The van der Waals surface area contributed by atoms with E-state index in [1.165, 1.54) is 6.07 Å². The molecule has 2 aromatic heterocycles. The molecule has 3 aromatic rings. The van der Waals surface area contributed by atoms with Crippen LogP contribution in [0.5, 0.6) is 0 Å². The van der Waals surface area contributed by atoms with Gasteiger partial charge in [-0.25, -0.2) is 0 Å². The number of aryl methyl sites for hydroxylation is 2. The molecule has 1 aromatic carbocycles. The molecule has 1 unspecified atom stereocenters. The lowest BCUT2D eigenvalue weighted by Gasteiger charge is -2.37. The Bertz CT molecular complexity index is 1410. The monoisotopic (exact) mass is 585 g/mol. The molecule has 3 heterocycles. The Balaban J connectivity index is 1.07. The zero-order valence-corrected chi connectivity index (χ0v) is 23.5. The number of likely N-dealkylation sites (tertiary alicyclic amines) is 1. The first-order valence-corrected chi connectivity index (χ1v) is 14.0. The van der Waals surface area contributed by atoms with E-state index in [-0.39, 0.29) is 30.1 Å². The molecule has 1 aliphatic carbocycles. The van der Waals surface area contributed by atoms with E-state index in [1.807, 2.05) is 26.0 Å². The molecule has 3 N–H and O–H groups in total. The molecule has 2 amide bonds. The number of aromatic nitrogens is 2. The first-order valence-electron chi connectivity index (χ1n) is 14.0. The summed E-state index contributed by atoms with van der Waals surface area (Å²) in [5, 5.41) is 21.4. The average molecular weight is 586 g/mol. The summed E-state index contributed by atoms with van der Waals surface area (Å²) in [7, 11) is 0. The maximum absolute atomic E-state index is 12.9. The number of halogens is 3. The van der Waals surface area contributed by atoms with Crippen molar-refractivity contribution >= 4 is 11.8 Å². The van der Waals surface area contributed by atoms with Crippen molar-refractivity contribution in [2.24, 2.45) is 0 Å². The summed E-state index contributed by atoms with van der Waals surface area (Å²) in [6.45, 7) is 4.44.